The lowest BCUT2D eigenvalue weighted by molar-refractivity contribution is 0.588. The summed E-state index contributed by atoms with van der Waals surface area (Å²) in [6, 6.07) is 69.7. The third-order valence-electron chi connectivity index (χ3n) is 18.2. The van der Waals surface area contributed by atoms with Crippen LogP contribution in [0, 0.1) is 6.92 Å². The fourth-order valence-electron chi connectivity index (χ4n) is 14.3. The normalized spacial score (nSPS) is 14.4. The third kappa shape index (κ3) is 6.94. The van der Waals surface area contributed by atoms with Gasteiger partial charge in [0.2, 0.25) is 0 Å². The van der Waals surface area contributed by atoms with E-state index in [1.165, 1.54) is 149 Å². The highest BCUT2D eigenvalue weighted by molar-refractivity contribution is 7.33. The number of anilines is 6. The zero-order valence-electron chi connectivity index (χ0n) is 47.4. The fourth-order valence-corrected chi connectivity index (χ4v) is 15.7. The average Bonchev–Trinajstić information content (AvgIpc) is 4.10. The monoisotopic (exact) mass is 1030 g/mol. The lowest BCUT2D eigenvalue weighted by Gasteiger charge is -2.43. The highest BCUT2D eigenvalue weighted by Crippen LogP contribution is 2.64. The van der Waals surface area contributed by atoms with Gasteiger partial charge in [0.25, 0.3) is 6.71 Å². The van der Waals surface area contributed by atoms with Gasteiger partial charge in [0, 0.05) is 43.3 Å². The number of benzene rings is 9. The Bertz CT molecular complexity index is 4030. The van der Waals surface area contributed by atoms with E-state index < -0.39 is 5.41 Å². The molecule has 0 radical (unpaired) electrons. The molecule has 1 spiro atoms. The minimum atomic E-state index is -0.460. The lowest BCUT2D eigenvalue weighted by atomic mass is 9.36. The van der Waals surface area contributed by atoms with Crippen LogP contribution in [0.2, 0.25) is 0 Å². The van der Waals surface area contributed by atoms with E-state index in [4.69, 9.17) is 0 Å². The Hall–Kier alpha value is -7.40. The van der Waals surface area contributed by atoms with E-state index in [0.29, 0.717) is 23.7 Å². The van der Waals surface area contributed by atoms with Crippen LogP contribution in [0.25, 0.3) is 43.5 Å². The van der Waals surface area contributed by atoms with Crippen molar-refractivity contribution in [3.63, 3.8) is 0 Å². The molecule has 1 aromatic heterocycles. The smallest absolute Gasteiger partial charge is 0.264 e. The minimum absolute atomic E-state index is 0.00676. The van der Waals surface area contributed by atoms with E-state index in [9.17, 15) is 0 Å². The zero-order chi connectivity index (χ0) is 53.8. The Morgan fingerprint density at radius 2 is 1.03 bits per heavy atom. The summed E-state index contributed by atoms with van der Waals surface area (Å²) >= 11 is 2.03. The Morgan fingerprint density at radius 3 is 1.60 bits per heavy atom. The Kier molecular flexibility index (Phi) is 11.0. The summed E-state index contributed by atoms with van der Waals surface area (Å²) in [6.07, 6.45) is 0. The van der Waals surface area contributed by atoms with Gasteiger partial charge >= 0.3 is 0 Å². The molecular formula is C74H69BN2S. The molecule has 0 unspecified atom stereocenters. The SMILES string of the molecule is Cc1cc2c3c(c1)N(c1ccc(C(C)C)cc1)c1c(sc4cc5c(cc14)-c1ccc(C(C)(C)C)cc1C51c4ccccc4-c4ccccc41)B3c1ccc(-c3c(C(C)C)cccc3C(C)C)cc1N2c1ccc(C(C)C)cc1. The van der Waals surface area contributed by atoms with Gasteiger partial charge in [-0.25, -0.2) is 0 Å². The standard InChI is InChI=1S/C74H69BN2S/c1-42(2)47-24-30-51(31-25-47)76-65-38-49(69-53(44(5)6)20-17-21-54(69)45(7)8)28-35-64(65)75-70-66(76)36-46(9)37-67(70)77(52-32-26-48(27-33-52)43(3)4)71-59-40-58-57-34-29-50(73(10,11)12)39-62(57)74(63(58)41-68(59)78-72(71)75)60-22-15-13-18-55(60)56-19-14-16-23-61(56)74/h13-45H,1-12H3. The summed E-state index contributed by atoms with van der Waals surface area (Å²) < 4.78 is 2.73. The molecule has 9 aromatic carbocycles. The van der Waals surface area contributed by atoms with E-state index in [2.05, 4.69) is 269 Å². The summed E-state index contributed by atoms with van der Waals surface area (Å²) in [5.41, 5.74) is 31.4. The van der Waals surface area contributed by atoms with Crippen molar-refractivity contribution >= 4 is 78.0 Å². The predicted octanol–water partition coefficient (Wildman–Crippen LogP) is 19.1. The van der Waals surface area contributed by atoms with Crippen molar-refractivity contribution in [3.8, 4) is 33.4 Å². The zero-order valence-corrected chi connectivity index (χ0v) is 48.2. The van der Waals surface area contributed by atoms with Crippen LogP contribution in [0.4, 0.5) is 34.1 Å². The van der Waals surface area contributed by atoms with Crippen LogP contribution in [0.3, 0.4) is 0 Å². The number of rotatable bonds is 7. The molecule has 3 heterocycles. The predicted molar refractivity (Wildman–Crippen MR) is 337 cm³/mol. The summed E-state index contributed by atoms with van der Waals surface area (Å²) in [4.78, 5) is 5.28. The van der Waals surface area contributed by atoms with Crippen LogP contribution in [0.5, 0.6) is 0 Å². The summed E-state index contributed by atoms with van der Waals surface area (Å²) in [5, 5.41) is 1.31. The Morgan fingerprint density at radius 1 is 0.474 bits per heavy atom. The van der Waals surface area contributed by atoms with Crippen LogP contribution in [0.1, 0.15) is 155 Å². The van der Waals surface area contributed by atoms with Crippen molar-refractivity contribution < 1.29 is 0 Å². The molecule has 0 atom stereocenters. The second-order valence-corrected chi connectivity index (χ2v) is 26.4. The number of nitrogens with zero attached hydrogens (tertiary/aromatic N) is 2. The highest BCUT2D eigenvalue weighted by Gasteiger charge is 2.53. The molecule has 4 heteroatoms. The first-order valence-corrected chi connectivity index (χ1v) is 29.5. The fraction of sp³-hybridized carbons (Fsp3) is 0.243. The molecule has 0 bridgehead atoms. The minimum Gasteiger partial charge on any atom is -0.311 e. The first kappa shape index (κ1) is 48.9. The Labute approximate surface area is 467 Å². The van der Waals surface area contributed by atoms with Gasteiger partial charge < -0.3 is 9.80 Å². The van der Waals surface area contributed by atoms with Gasteiger partial charge in [-0.2, -0.15) is 0 Å². The lowest BCUT2D eigenvalue weighted by Crippen LogP contribution is -2.60. The van der Waals surface area contributed by atoms with Gasteiger partial charge in [0.05, 0.1) is 11.1 Å². The van der Waals surface area contributed by atoms with E-state index >= 15 is 0 Å². The maximum absolute atomic E-state index is 2.66. The molecule has 0 fully saturated rings. The number of thiophene rings is 1. The summed E-state index contributed by atoms with van der Waals surface area (Å²) in [6.45, 7) is 28.0. The average molecular weight is 1030 g/mol. The molecule has 10 aromatic rings. The summed E-state index contributed by atoms with van der Waals surface area (Å²) in [5.74, 6) is 1.61. The van der Waals surface area contributed by atoms with E-state index in [0.717, 1.165) is 0 Å². The number of hydrogen-bond acceptors (Lipinski definition) is 3. The molecule has 384 valence electrons. The first-order valence-electron chi connectivity index (χ1n) is 28.7. The third-order valence-corrected chi connectivity index (χ3v) is 19.4. The molecule has 2 aliphatic heterocycles. The van der Waals surface area contributed by atoms with E-state index in [-0.39, 0.29) is 12.1 Å². The van der Waals surface area contributed by atoms with Gasteiger partial charge in [0.1, 0.15) is 0 Å². The maximum Gasteiger partial charge on any atom is 0.264 e. The molecule has 0 amide bonds. The second-order valence-electron chi connectivity index (χ2n) is 25.3. The largest absolute Gasteiger partial charge is 0.311 e. The summed E-state index contributed by atoms with van der Waals surface area (Å²) in [7, 11) is 0. The second kappa shape index (κ2) is 17.6. The van der Waals surface area contributed by atoms with Crippen molar-refractivity contribution in [3.05, 3.63) is 232 Å². The maximum atomic E-state index is 2.66. The van der Waals surface area contributed by atoms with Gasteiger partial charge in [0.15, 0.2) is 0 Å². The number of aryl methyl sites for hydroxylation is 1. The van der Waals surface area contributed by atoms with Gasteiger partial charge in [-0.1, -0.05) is 197 Å². The van der Waals surface area contributed by atoms with E-state index in [1.807, 2.05) is 11.3 Å². The van der Waals surface area contributed by atoms with Crippen LogP contribution in [-0.2, 0) is 10.8 Å². The van der Waals surface area contributed by atoms with Crippen molar-refractivity contribution in [1.82, 2.24) is 0 Å². The van der Waals surface area contributed by atoms with Crippen molar-refractivity contribution in [1.29, 1.82) is 0 Å². The molecule has 4 aliphatic rings. The molecule has 14 rings (SSSR count). The Balaban J connectivity index is 1.09. The highest BCUT2D eigenvalue weighted by atomic mass is 32.1. The van der Waals surface area contributed by atoms with Crippen molar-refractivity contribution in [2.45, 2.75) is 118 Å². The first-order chi connectivity index (χ1) is 37.5. The quantitative estimate of drug-likeness (QED) is 0.147. The van der Waals surface area contributed by atoms with Crippen LogP contribution in [0.15, 0.2) is 176 Å². The molecule has 0 saturated carbocycles. The van der Waals surface area contributed by atoms with Gasteiger partial charge in [-0.05, 0) is 191 Å². The molecule has 2 aliphatic carbocycles. The van der Waals surface area contributed by atoms with Crippen molar-refractivity contribution in [2.75, 3.05) is 9.80 Å². The number of fused-ring (bicyclic) bond motifs is 16. The topological polar surface area (TPSA) is 6.48 Å². The van der Waals surface area contributed by atoms with Crippen LogP contribution in [-0.4, -0.2) is 6.71 Å². The molecule has 0 N–H and O–H groups in total. The van der Waals surface area contributed by atoms with Gasteiger partial charge in [-0.15, -0.1) is 11.3 Å². The molecular weight excluding hydrogens is 960 g/mol. The van der Waals surface area contributed by atoms with Crippen LogP contribution >= 0.6 is 11.3 Å². The van der Waals surface area contributed by atoms with Crippen molar-refractivity contribution in [2.24, 2.45) is 0 Å². The molecule has 2 nitrogen and oxygen atoms in total. The van der Waals surface area contributed by atoms with Crippen LogP contribution < -0.4 is 25.5 Å². The number of hydrogen-bond donors (Lipinski definition) is 0. The molecule has 0 saturated heterocycles. The van der Waals surface area contributed by atoms with E-state index in [1.54, 1.807) is 0 Å². The van der Waals surface area contributed by atoms with Gasteiger partial charge in [-0.3, -0.25) is 0 Å². The molecule has 78 heavy (non-hydrogen) atoms.